The first-order chi connectivity index (χ1) is 37.4. The molecule has 0 amide bonds. The zero-order chi connectivity index (χ0) is 59.2. The van der Waals surface area contributed by atoms with Crippen molar-refractivity contribution in [3.05, 3.63) is 144 Å². The summed E-state index contributed by atoms with van der Waals surface area (Å²) < 4.78 is 162. The number of benzene rings is 4. The first-order valence-corrected chi connectivity index (χ1v) is 26.1. The molecule has 0 spiro atoms. The molecule has 80 heavy (non-hydrogen) atoms. The molecule has 0 aliphatic carbocycles. The molecule has 4 heterocycles. The van der Waals surface area contributed by atoms with Crippen LogP contribution in [0.1, 0.15) is 117 Å². The number of alkyl halides is 12. The molecule has 4 fully saturated rings. The van der Waals surface area contributed by atoms with E-state index in [0.717, 1.165) is 25.7 Å². The fourth-order valence-corrected chi connectivity index (χ4v) is 11.0. The fourth-order valence-electron chi connectivity index (χ4n) is 10.8. The van der Waals surface area contributed by atoms with Crippen LogP contribution in [0.3, 0.4) is 0 Å². The zero-order valence-electron chi connectivity index (χ0n) is 43.6. The van der Waals surface area contributed by atoms with E-state index in [1.165, 1.54) is 48.5 Å². The highest BCUT2D eigenvalue weighted by Gasteiger charge is 2.52. The van der Waals surface area contributed by atoms with E-state index in [0.29, 0.717) is 55.4 Å². The Labute approximate surface area is 460 Å². The maximum absolute atomic E-state index is 13.2. The minimum Gasteiger partial charge on any atom is -0.481 e. The summed E-state index contributed by atoms with van der Waals surface area (Å²) >= 11 is 5.15. The molecule has 4 aromatic rings. The molecule has 8 unspecified atom stereocenters. The number of ether oxygens (including phenoxy) is 2. The average Bonchev–Trinajstić information content (AvgIpc) is 3.69. The van der Waals surface area contributed by atoms with Crippen molar-refractivity contribution in [2.24, 2.45) is 0 Å². The minimum absolute atomic E-state index is 0.126. The van der Waals surface area contributed by atoms with Gasteiger partial charge in [0.15, 0.2) is 0 Å². The van der Waals surface area contributed by atoms with Gasteiger partial charge in [-0.1, -0.05) is 121 Å². The number of aliphatic hydroxyl groups excluding tert-OH is 1. The van der Waals surface area contributed by atoms with E-state index in [-0.39, 0.29) is 22.8 Å². The third-order valence-corrected chi connectivity index (χ3v) is 15.2. The van der Waals surface area contributed by atoms with E-state index >= 15 is 0 Å². The summed E-state index contributed by atoms with van der Waals surface area (Å²) in [5, 5.41) is 17.5. The van der Waals surface area contributed by atoms with Crippen molar-refractivity contribution >= 4 is 34.8 Å². The quantitative estimate of drug-likeness (QED) is 0.0673. The number of aliphatic hydroxyl groups is 1. The molecule has 4 aliphatic heterocycles. The van der Waals surface area contributed by atoms with Gasteiger partial charge in [-0.3, -0.25) is 19.2 Å². The Kier molecular flexibility index (Phi) is 23.0. The predicted molar refractivity (Wildman–Crippen MR) is 271 cm³/mol. The van der Waals surface area contributed by atoms with Crippen LogP contribution in [-0.2, 0) is 34.1 Å². The van der Waals surface area contributed by atoms with Crippen LogP contribution in [-0.4, -0.2) is 125 Å². The Morgan fingerprint density at radius 2 is 0.838 bits per heavy atom. The number of aliphatic carboxylic acids is 1. The lowest BCUT2D eigenvalue weighted by Gasteiger charge is -2.38. The summed E-state index contributed by atoms with van der Waals surface area (Å²) in [6.07, 6.45) is -16.9. The topological polar surface area (TPSA) is 134 Å². The molecular weight excluding hydrogens is 1100 g/mol. The summed E-state index contributed by atoms with van der Waals surface area (Å²) in [6, 6.07) is 32.2. The molecule has 0 radical (unpaired) electrons. The number of hydrogen-bond acceptors (Lipinski definition) is 9. The van der Waals surface area contributed by atoms with Crippen molar-refractivity contribution in [3.8, 4) is 0 Å². The van der Waals surface area contributed by atoms with Crippen molar-refractivity contribution in [3.63, 3.8) is 0 Å². The highest BCUT2D eigenvalue weighted by molar-refractivity contribution is 6.64. The SMILES string of the molecule is CN1C2CCC1CC(OC(=O)C(CC(F)(F)F)c1ccccc1)C2.CN1C2CCC1CC(OC(=O)C(CO)(CC(F)(F)F)c1ccccc1)C2.O=C(Cl)C(CC(F)(F)F)c1ccccc1.O=C(O)C(CC(F)(F)F)c1ccccc1. The van der Waals surface area contributed by atoms with E-state index in [1.807, 2.05) is 7.05 Å². The molecule has 23 heteroatoms. The predicted octanol–water partition coefficient (Wildman–Crippen LogP) is 13.2. The first-order valence-electron chi connectivity index (χ1n) is 25.7. The maximum Gasteiger partial charge on any atom is 0.390 e. The van der Waals surface area contributed by atoms with E-state index in [2.05, 4.69) is 16.8 Å². The van der Waals surface area contributed by atoms with Crippen molar-refractivity contribution in [1.82, 2.24) is 9.80 Å². The van der Waals surface area contributed by atoms with Crippen LogP contribution in [0, 0.1) is 0 Å². The third kappa shape index (κ3) is 19.8. The number of halogens is 13. The van der Waals surface area contributed by atoms with Gasteiger partial charge >= 0.3 is 42.6 Å². The summed E-state index contributed by atoms with van der Waals surface area (Å²) in [5.74, 6) is -7.33. The Morgan fingerprint density at radius 3 is 1.18 bits per heavy atom. The van der Waals surface area contributed by atoms with Crippen LogP contribution in [0.25, 0.3) is 0 Å². The highest BCUT2D eigenvalue weighted by Crippen LogP contribution is 2.42. The number of piperidine rings is 2. The third-order valence-electron chi connectivity index (χ3n) is 14.9. The largest absolute Gasteiger partial charge is 0.481 e. The second kappa shape index (κ2) is 28.3. The van der Waals surface area contributed by atoms with Gasteiger partial charge in [0.2, 0.25) is 5.24 Å². The summed E-state index contributed by atoms with van der Waals surface area (Å²) in [6.45, 7) is -0.950. The van der Waals surface area contributed by atoms with E-state index < -0.39 is 109 Å². The lowest BCUT2D eigenvalue weighted by molar-refractivity contribution is -0.181. The molecule has 4 bridgehead atoms. The highest BCUT2D eigenvalue weighted by atomic mass is 35.5. The molecular formula is C57H63ClF12N2O8. The normalized spacial score (nSPS) is 22.9. The second-order valence-electron chi connectivity index (χ2n) is 20.5. The Morgan fingerprint density at radius 1 is 0.512 bits per heavy atom. The van der Waals surface area contributed by atoms with Crippen LogP contribution in [0.4, 0.5) is 52.7 Å². The number of carbonyl (C=O) groups is 4. The zero-order valence-corrected chi connectivity index (χ0v) is 44.3. The van der Waals surface area contributed by atoms with Gasteiger partial charge in [0, 0.05) is 24.2 Å². The Bertz CT molecular complexity index is 2480. The molecule has 0 saturated carbocycles. The summed E-state index contributed by atoms with van der Waals surface area (Å²) in [4.78, 5) is 51.5. The number of fused-ring (bicyclic) bond motifs is 4. The average molecular weight is 1170 g/mol. The van der Waals surface area contributed by atoms with Gasteiger partial charge in [-0.2, -0.15) is 52.7 Å². The smallest absolute Gasteiger partial charge is 0.390 e. The minimum atomic E-state index is -4.61. The van der Waals surface area contributed by atoms with Gasteiger partial charge in [-0.25, -0.2) is 0 Å². The molecule has 4 saturated heterocycles. The van der Waals surface area contributed by atoms with Crippen LogP contribution in [0.2, 0.25) is 0 Å². The molecule has 8 atom stereocenters. The molecule has 2 N–H and O–H groups in total. The van der Waals surface area contributed by atoms with Crippen molar-refractivity contribution in [1.29, 1.82) is 0 Å². The molecule has 0 aromatic heterocycles. The molecule has 8 rings (SSSR count). The van der Waals surface area contributed by atoms with Gasteiger partial charge < -0.3 is 29.5 Å². The first kappa shape index (κ1) is 65.1. The van der Waals surface area contributed by atoms with Gasteiger partial charge in [-0.05, 0) is 99.3 Å². The van der Waals surface area contributed by atoms with Gasteiger partial charge in [0.25, 0.3) is 0 Å². The van der Waals surface area contributed by atoms with Gasteiger partial charge in [-0.15, -0.1) is 0 Å². The maximum atomic E-state index is 13.2. The monoisotopic (exact) mass is 1170 g/mol. The van der Waals surface area contributed by atoms with Crippen LogP contribution >= 0.6 is 11.6 Å². The van der Waals surface area contributed by atoms with Crippen molar-refractivity contribution in [2.75, 3.05) is 20.7 Å². The van der Waals surface area contributed by atoms with Gasteiger partial charge in [0.1, 0.15) is 17.6 Å². The number of hydrogen-bond donors (Lipinski definition) is 2. The fraction of sp³-hybridized carbons (Fsp3) is 0.509. The Hall–Kier alpha value is -5.71. The van der Waals surface area contributed by atoms with Crippen molar-refractivity contribution in [2.45, 2.75) is 161 Å². The molecule has 440 valence electrons. The number of esters is 2. The second-order valence-corrected chi connectivity index (χ2v) is 20.9. The van der Waals surface area contributed by atoms with E-state index in [9.17, 15) is 77.0 Å². The summed E-state index contributed by atoms with van der Waals surface area (Å²) in [7, 11) is 4.10. The number of carboxylic acid groups (broad SMARTS) is 1. The van der Waals surface area contributed by atoms with Gasteiger partial charge in [0.05, 0.1) is 50.0 Å². The van der Waals surface area contributed by atoms with E-state index in [4.69, 9.17) is 26.2 Å². The number of nitrogens with zero attached hydrogens (tertiary/aromatic N) is 2. The van der Waals surface area contributed by atoms with Crippen molar-refractivity contribution < 1.29 is 91.5 Å². The lowest BCUT2D eigenvalue weighted by atomic mass is 9.78. The van der Waals surface area contributed by atoms with Crippen LogP contribution in [0.15, 0.2) is 121 Å². The molecule has 4 aromatic carbocycles. The summed E-state index contributed by atoms with van der Waals surface area (Å²) in [5.41, 5.74) is -1.18. The molecule has 4 aliphatic rings. The standard InChI is InChI=1S/C19H24F3NO3.C18H22F3NO2.C10H8ClF3O.C10H9F3O2/c1-23-14-7-8-15(23)10-16(9-14)26-17(25)18(12-24,11-19(20,21)22)13-5-3-2-4-6-13;1-22-13-7-8-14(22)10-15(9-13)24-17(23)16(11-18(19,20)21)12-5-3-2-4-6-12;11-9(15)8(6-10(12,13)14)7-4-2-1-3-5-7;11-10(12,13)6-8(9(14)15)7-4-2-1-3-5-7/h2-6,14-16,24H,7-12H2,1H3;2-6,13-16H,7-11H2,1H3;1-5,8H,6H2;1-5,8H,6H2,(H,14,15). The number of carbonyl (C=O) groups excluding carboxylic acids is 3. The van der Waals surface area contributed by atoms with Crippen LogP contribution in [0.5, 0.6) is 0 Å². The van der Waals surface area contributed by atoms with E-state index in [1.54, 1.807) is 72.8 Å². The number of rotatable bonds is 15. The lowest BCUT2D eigenvalue weighted by Crippen LogP contribution is -2.49. The molecule has 10 nitrogen and oxygen atoms in total. The number of carboxylic acids is 1. The van der Waals surface area contributed by atoms with Crippen LogP contribution < -0.4 is 0 Å². The Balaban J connectivity index is 0.000000202.